The molecular formula is C17H22N6O. The number of carbonyl (C=O) groups is 1. The van der Waals surface area contributed by atoms with Crippen molar-refractivity contribution in [3.8, 4) is 0 Å². The van der Waals surface area contributed by atoms with Crippen LogP contribution in [0.2, 0.25) is 0 Å². The number of nitrogens with zero attached hydrogens (tertiary/aromatic N) is 5. The second-order valence-corrected chi connectivity index (χ2v) is 6.06. The van der Waals surface area contributed by atoms with Crippen molar-refractivity contribution in [2.45, 2.75) is 20.8 Å². The molecule has 7 nitrogen and oxygen atoms in total. The predicted octanol–water partition coefficient (Wildman–Crippen LogP) is 1.90. The molecule has 2 aromatic rings. The molecule has 126 valence electrons. The Morgan fingerprint density at radius 2 is 1.88 bits per heavy atom. The molecule has 0 aliphatic carbocycles. The number of anilines is 3. The minimum atomic E-state index is 0.110. The average Bonchev–Trinajstić information content (AvgIpc) is 2.58. The number of benzene rings is 1. The molecule has 0 spiro atoms. The second kappa shape index (κ2) is 6.82. The first-order valence-corrected chi connectivity index (χ1v) is 8.07. The largest absolute Gasteiger partial charge is 0.339 e. The molecule has 1 aliphatic rings. The molecule has 1 fully saturated rings. The molecule has 7 heteroatoms. The summed E-state index contributed by atoms with van der Waals surface area (Å²) in [6, 6.07) is 6.19. The fourth-order valence-corrected chi connectivity index (χ4v) is 2.68. The van der Waals surface area contributed by atoms with E-state index in [1.54, 1.807) is 13.1 Å². The van der Waals surface area contributed by atoms with Gasteiger partial charge in [-0.05, 0) is 37.1 Å². The van der Waals surface area contributed by atoms with Crippen molar-refractivity contribution in [3.05, 3.63) is 35.5 Å². The number of hydrogen-bond acceptors (Lipinski definition) is 6. The third-order valence-electron chi connectivity index (χ3n) is 4.33. The highest BCUT2D eigenvalue weighted by atomic mass is 16.2. The van der Waals surface area contributed by atoms with Crippen molar-refractivity contribution in [1.29, 1.82) is 0 Å². The van der Waals surface area contributed by atoms with Crippen LogP contribution in [0, 0.1) is 13.8 Å². The number of piperazine rings is 1. The van der Waals surface area contributed by atoms with Crippen LogP contribution in [0.25, 0.3) is 0 Å². The summed E-state index contributed by atoms with van der Waals surface area (Å²) in [5.74, 6) is 1.36. The predicted molar refractivity (Wildman–Crippen MR) is 93.5 cm³/mol. The zero-order valence-corrected chi connectivity index (χ0v) is 14.3. The molecule has 1 amide bonds. The lowest BCUT2D eigenvalue weighted by Crippen LogP contribution is -2.48. The quantitative estimate of drug-likeness (QED) is 0.928. The van der Waals surface area contributed by atoms with E-state index in [0.29, 0.717) is 37.9 Å². The highest BCUT2D eigenvalue weighted by Crippen LogP contribution is 2.19. The van der Waals surface area contributed by atoms with Gasteiger partial charge in [-0.2, -0.15) is 10.1 Å². The number of nitrogens with one attached hydrogen (secondary N) is 1. The first-order chi connectivity index (χ1) is 11.5. The highest BCUT2D eigenvalue weighted by molar-refractivity contribution is 5.73. The van der Waals surface area contributed by atoms with E-state index in [4.69, 9.17) is 0 Å². The van der Waals surface area contributed by atoms with Crippen LogP contribution in [-0.4, -0.2) is 52.2 Å². The van der Waals surface area contributed by atoms with Crippen LogP contribution in [0.4, 0.5) is 17.5 Å². The number of amides is 1. The average molecular weight is 326 g/mol. The molecule has 3 rings (SSSR count). The van der Waals surface area contributed by atoms with Gasteiger partial charge in [0.1, 0.15) is 0 Å². The van der Waals surface area contributed by atoms with Crippen molar-refractivity contribution in [3.63, 3.8) is 0 Å². The van der Waals surface area contributed by atoms with Crippen molar-refractivity contribution in [1.82, 2.24) is 20.1 Å². The van der Waals surface area contributed by atoms with Crippen LogP contribution in [0.3, 0.4) is 0 Å². The van der Waals surface area contributed by atoms with Crippen LogP contribution in [0.5, 0.6) is 0 Å². The zero-order chi connectivity index (χ0) is 17.1. The summed E-state index contributed by atoms with van der Waals surface area (Å²) < 4.78 is 0. The Morgan fingerprint density at radius 3 is 2.54 bits per heavy atom. The molecule has 0 bridgehead atoms. The van der Waals surface area contributed by atoms with Gasteiger partial charge in [-0.3, -0.25) is 4.79 Å². The van der Waals surface area contributed by atoms with E-state index in [9.17, 15) is 4.79 Å². The molecule has 1 saturated heterocycles. The Bertz CT molecular complexity index is 740. The number of rotatable bonds is 3. The second-order valence-electron chi connectivity index (χ2n) is 6.06. The topological polar surface area (TPSA) is 74.2 Å². The fraction of sp³-hybridized carbons (Fsp3) is 0.412. The molecule has 0 atom stereocenters. The molecule has 0 radical (unpaired) electrons. The maximum Gasteiger partial charge on any atom is 0.247 e. The number of carbonyl (C=O) groups excluding carboxylic acids is 1. The van der Waals surface area contributed by atoms with Crippen molar-refractivity contribution < 1.29 is 4.79 Å². The van der Waals surface area contributed by atoms with Crippen molar-refractivity contribution in [2.75, 3.05) is 36.4 Å². The molecule has 1 N–H and O–H groups in total. The molecule has 24 heavy (non-hydrogen) atoms. The van der Waals surface area contributed by atoms with E-state index < -0.39 is 0 Å². The number of aromatic nitrogens is 3. The molecule has 0 unspecified atom stereocenters. The van der Waals surface area contributed by atoms with E-state index in [0.717, 1.165) is 5.69 Å². The van der Waals surface area contributed by atoms with Gasteiger partial charge < -0.3 is 15.1 Å². The lowest BCUT2D eigenvalue weighted by Gasteiger charge is -2.33. The maximum absolute atomic E-state index is 11.4. The Labute approximate surface area is 141 Å². The van der Waals surface area contributed by atoms with Gasteiger partial charge in [-0.15, -0.1) is 5.10 Å². The van der Waals surface area contributed by atoms with E-state index in [2.05, 4.69) is 51.4 Å². The Balaban J connectivity index is 1.70. The van der Waals surface area contributed by atoms with Gasteiger partial charge in [0.2, 0.25) is 11.9 Å². The van der Waals surface area contributed by atoms with Gasteiger partial charge >= 0.3 is 0 Å². The lowest BCUT2D eigenvalue weighted by molar-refractivity contribution is -0.129. The SMILES string of the molecule is CC(=O)N1CCN(c2nncc(Nc3ccc(C)c(C)c3)n2)CC1. The summed E-state index contributed by atoms with van der Waals surface area (Å²) >= 11 is 0. The van der Waals surface area contributed by atoms with E-state index in [1.165, 1.54) is 11.1 Å². The van der Waals surface area contributed by atoms with Crippen LogP contribution >= 0.6 is 0 Å². The van der Waals surface area contributed by atoms with Gasteiger partial charge in [0, 0.05) is 38.8 Å². The normalized spacial score (nSPS) is 14.6. The third kappa shape index (κ3) is 3.61. The van der Waals surface area contributed by atoms with E-state index in [-0.39, 0.29) is 5.91 Å². The molecule has 1 aromatic heterocycles. The molecule has 2 heterocycles. The van der Waals surface area contributed by atoms with Crippen molar-refractivity contribution in [2.24, 2.45) is 0 Å². The Hall–Kier alpha value is -2.70. The summed E-state index contributed by atoms with van der Waals surface area (Å²) in [7, 11) is 0. The standard InChI is InChI=1S/C17H22N6O/c1-12-4-5-15(10-13(12)2)19-16-11-18-21-17(20-16)23-8-6-22(7-9-23)14(3)24/h4-5,10-11H,6-9H2,1-3H3,(H,19,20,21). The van der Waals surface area contributed by atoms with Crippen LogP contribution < -0.4 is 10.2 Å². The van der Waals surface area contributed by atoms with Gasteiger partial charge in [-0.25, -0.2) is 0 Å². The third-order valence-corrected chi connectivity index (χ3v) is 4.33. The van der Waals surface area contributed by atoms with Crippen molar-refractivity contribution >= 4 is 23.4 Å². The molecular weight excluding hydrogens is 304 g/mol. The first kappa shape index (κ1) is 16.2. The summed E-state index contributed by atoms with van der Waals surface area (Å²) in [6.45, 7) is 8.58. The van der Waals surface area contributed by atoms with Gasteiger partial charge in [0.25, 0.3) is 0 Å². The minimum Gasteiger partial charge on any atom is -0.339 e. The number of hydrogen-bond donors (Lipinski definition) is 1. The monoisotopic (exact) mass is 326 g/mol. The van der Waals surface area contributed by atoms with Gasteiger partial charge in [0.15, 0.2) is 5.82 Å². The van der Waals surface area contributed by atoms with E-state index >= 15 is 0 Å². The zero-order valence-electron chi connectivity index (χ0n) is 14.3. The minimum absolute atomic E-state index is 0.110. The summed E-state index contributed by atoms with van der Waals surface area (Å²) in [6.07, 6.45) is 1.62. The van der Waals surface area contributed by atoms with Crippen LogP contribution in [0.15, 0.2) is 24.4 Å². The highest BCUT2D eigenvalue weighted by Gasteiger charge is 2.20. The Kier molecular flexibility index (Phi) is 4.59. The fourth-order valence-electron chi connectivity index (χ4n) is 2.68. The summed E-state index contributed by atoms with van der Waals surface area (Å²) in [4.78, 5) is 19.8. The smallest absolute Gasteiger partial charge is 0.247 e. The molecule has 1 aliphatic heterocycles. The Morgan fingerprint density at radius 1 is 1.12 bits per heavy atom. The first-order valence-electron chi connectivity index (χ1n) is 8.07. The number of aryl methyl sites for hydroxylation is 2. The van der Waals surface area contributed by atoms with Gasteiger partial charge in [-0.1, -0.05) is 6.07 Å². The molecule has 0 saturated carbocycles. The molecule has 1 aromatic carbocycles. The summed E-state index contributed by atoms with van der Waals surface area (Å²) in [5.41, 5.74) is 3.46. The van der Waals surface area contributed by atoms with Crippen LogP contribution in [0.1, 0.15) is 18.1 Å². The van der Waals surface area contributed by atoms with Crippen LogP contribution in [-0.2, 0) is 4.79 Å². The lowest BCUT2D eigenvalue weighted by atomic mass is 10.1. The maximum atomic E-state index is 11.4. The van der Waals surface area contributed by atoms with Gasteiger partial charge in [0.05, 0.1) is 6.20 Å². The summed E-state index contributed by atoms with van der Waals surface area (Å²) in [5, 5.41) is 11.5. The van der Waals surface area contributed by atoms with E-state index in [1.807, 2.05) is 11.0 Å².